The summed E-state index contributed by atoms with van der Waals surface area (Å²) in [6.45, 7) is 0. The first-order valence-electron chi connectivity index (χ1n) is 6.89. The Morgan fingerprint density at radius 3 is 2.47 bits per heavy atom. The zero-order chi connectivity index (χ0) is 13.4. The number of hydrogen-bond acceptors (Lipinski definition) is 3. The molecule has 19 heavy (non-hydrogen) atoms. The summed E-state index contributed by atoms with van der Waals surface area (Å²) in [7, 11) is 2.16. The summed E-state index contributed by atoms with van der Waals surface area (Å²) in [4.78, 5) is 2.42. The van der Waals surface area contributed by atoms with Crippen molar-refractivity contribution < 1.29 is 9.60 Å². The lowest BCUT2D eigenvalue weighted by atomic mass is 9.84. The van der Waals surface area contributed by atoms with Crippen molar-refractivity contribution in [2.24, 2.45) is 11.1 Å². The van der Waals surface area contributed by atoms with Crippen LogP contribution in [0, 0.1) is 11.7 Å². The van der Waals surface area contributed by atoms with Crippen LogP contribution in [-0.4, -0.2) is 35.0 Å². The molecule has 0 saturated carbocycles. The van der Waals surface area contributed by atoms with Gasteiger partial charge in [0.1, 0.15) is 5.82 Å². The van der Waals surface area contributed by atoms with Gasteiger partial charge in [-0.2, -0.15) is 0 Å². The summed E-state index contributed by atoms with van der Waals surface area (Å²) in [5, 5.41) is 12.7. The highest BCUT2D eigenvalue weighted by molar-refractivity contribution is 6.02. The lowest BCUT2D eigenvalue weighted by Gasteiger charge is -2.36. The summed E-state index contributed by atoms with van der Waals surface area (Å²) in [5.41, 5.74) is 0.960. The van der Waals surface area contributed by atoms with Gasteiger partial charge in [-0.05, 0) is 38.8 Å². The fraction of sp³-hybridized carbons (Fsp3) is 0.533. The van der Waals surface area contributed by atoms with Gasteiger partial charge in [0.05, 0.1) is 5.71 Å². The second-order valence-electron chi connectivity index (χ2n) is 5.68. The van der Waals surface area contributed by atoms with Gasteiger partial charge in [-0.3, -0.25) is 0 Å². The van der Waals surface area contributed by atoms with Crippen LogP contribution in [-0.2, 0) is 0 Å². The van der Waals surface area contributed by atoms with Crippen molar-refractivity contribution in [3.8, 4) is 0 Å². The number of nitrogens with zero attached hydrogens (tertiary/aromatic N) is 2. The van der Waals surface area contributed by atoms with Crippen LogP contribution < -0.4 is 0 Å². The van der Waals surface area contributed by atoms with Crippen LogP contribution in [0.4, 0.5) is 4.39 Å². The third-order valence-electron chi connectivity index (χ3n) is 4.74. The number of halogens is 1. The Labute approximate surface area is 112 Å². The summed E-state index contributed by atoms with van der Waals surface area (Å²) in [6.07, 6.45) is 4.32. The molecule has 3 nitrogen and oxygen atoms in total. The molecule has 2 aliphatic rings. The van der Waals surface area contributed by atoms with Crippen LogP contribution in [0.15, 0.2) is 29.4 Å². The molecule has 0 aromatic heterocycles. The summed E-state index contributed by atoms with van der Waals surface area (Å²) in [6, 6.07) is 7.66. The van der Waals surface area contributed by atoms with Gasteiger partial charge in [0, 0.05) is 23.6 Å². The zero-order valence-electron chi connectivity index (χ0n) is 11.1. The molecule has 2 heterocycles. The Hall–Kier alpha value is -1.42. The van der Waals surface area contributed by atoms with E-state index in [0.29, 0.717) is 23.4 Å². The maximum absolute atomic E-state index is 13.9. The molecule has 2 unspecified atom stereocenters. The average molecular weight is 262 g/mol. The van der Waals surface area contributed by atoms with E-state index in [1.807, 2.05) is 0 Å². The molecule has 2 atom stereocenters. The maximum atomic E-state index is 13.9. The standard InChI is InChI=1S/C15H19FN2O/c1-18-11-6-7-12(18)9-10(8-11)15(17-19)13-4-2-3-5-14(13)16/h2-5,10-12,19H,6-9H2,1H3. The van der Waals surface area contributed by atoms with E-state index in [9.17, 15) is 9.60 Å². The van der Waals surface area contributed by atoms with E-state index >= 15 is 0 Å². The molecule has 2 saturated heterocycles. The molecule has 1 N–H and O–H groups in total. The third kappa shape index (κ3) is 2.14. The van der Waals surface area contributed by atoms with Gasteiger partial charge in [-0.25, -0.2) is 4.39 Å². The van der Waals surface area contributed by atoms with Gasteiger partial charge in [0.2, 0.25) is 0 Å². The topological polar surface area (TPSA) is 35.8 Å². The highest BCUT2D eigenvalue weighted by atomic mass is 19.1. The van der Waals surface area contributed by atoms with E-state index in [1.165, 1.54) is 18.9 Å². The van der Waals surface area contributed by atoms with Crippen molar-refractivity contribution in [2.45, 2.75) is 37.8 Å². The van der Waals surface area contributed by atoms with Crippen LogP contribution >= 0.6 is 0 Å². The summed E-state index contributed by atoms with van der Waals surface area (Å²) in [5.74, 6) is -0.142. The van der Waals surface area contributed by atoms with Crippen molar-refractivity contribution in [2.75, 3.05) is 7.05 Å². The quantitative estimate of drug-likeness (QED) is 0.505. The van der Waals surface area contributed by atoms with Crippen molar-refractivity contribution in [3.63, 3.8) is 0 Å². The Bertz CT molecular complexity index is 489. The zero-order valence-corrected chi connectivity index (χ0v) is 11.1. The molecule has 3 rings (SSSR count). The minimum absolute atomic E-state index is 0.163. The van der Waals surface area contributed by atoms with Gasteiger partial charge < -0.3 is 10.1 Å². The molecule has 2 bridgehead atoms. The first kappa shape index (κ1) is 12.6. The molecule has 0 spiro atoms. The Morgan fingerprint density at radius 2 is 1.89 bits per heavy atom. The molecule has 4 heteroatoms. The number of hydrogen-bond donors (Lipinski definition) is 1. The maximum Gasteiger partial charge on any atom is 0.132 e. The van der Waals surface area contributed by atoms with Gasteiger partial charge in [0.25, 0.3) is 0 Å². The van der Waals surface area contributed by atoms with E-state index in [-0.39, 0.29) is 11.7 Å². The minimum atomic E-state index is -0.304. The molecular formula is C15H19FN2O. The molecule has 0 aliphatic carbocycles. The highest BCUT2D eigenvalue weighted by Crippen LogP contribution is 2.39. The SMILES string of the molecule is CN1C2CCC1CC(C(=NO)c1ccccc1F)C2. The lowest BCUT2D eigenvalue weighted by Crippen LogP contribution is -2.42. The Kier molecular flexibility index (Phi) is 3.27. The highest BCUT2D eigenvalue weighted by Gasteiger charge is 2.40. The molecule has 2 fully saturated rings. The summed E-state index contributed by atoms with van der Waals surface area (Å²) >= 11 is 0. The number of rotatable bonds is 2. The molecule has 1 aromatic carbocycles. The van der Waals surface area contributed by atoms with E-state index < -0.39 is 0 Å². The normalized spacial score (nSPS) is 31.7. The number of piperidine rings is 1. The minimum Gasteiger partial charge on any atom is -0.411 e. The largest absolute Gasteiger partial charge is 0.411 e. The predicted octanol–water partition coefficient (Wildman–Crippen LogP) is 2.88. The second kappa shape index (κ2) is 4.93. The molecule has 0 amide bonds. The van der Waals surface area contributed by atoms with Gasteiger partial charge in [0.15, 0.2) is 0 Å². The first-order valence-corrected chi connectivity index (χ1v) is 6.89. The van der Waals surface area contributed by atoms with E-state index in [1.54, 1.807) is 18.2 Å². The van der Waals surface area contributed by atoms with E-state index in [0.717, 1.165) is 12.8 Å². The van der Waals surface area contributed by atoms with Gasteiger partial charge in [-0.15, -0.1) is 0 Å². The van der Waals surface area contributed by atoms with Gasteiger partial charge >= 0.3 is 0 Å². The van der Waals surface area contributed by atoms with Crippen LogP contribution in [0.25, 0.3) is 0 Å². The smallest absolute Gasteiger partial charge is 0.132 e. The van der Waals surface area contributed by atoms with Crippen LogP contribution in [0.3, 0.4) is 0 Å². The first-order chi connectivity index (χ1) is 9.20. The van der Waals surface area contributed by atoms with Crippen molar-refractivity contribution >= 4 is 5.71 Å². The fourth-order valence-electron chi connectivity index (χ4n) is 3.66. The van der Waals surface area contributed by atoms with Crippen molar-refractivity contribution in [1.82, 2.24) is 4.90 Å². The van der Waals surface area contributed by atoms with Crippen molar-refractivity contribution in [3.05, 3.63) is 35.6 Å². The van der Waals surface area contributed by atoms with E-state index in [2.05, 4.69) is 17.1 Å². The average Bonchev–Trinajstić information content (AvgIpc) is 2.65. The van der Waals surface area contributed by atoms with Crippen molar-refractivity contribution in [1.29, 1.82) is 0 Å². The lowest BCUT2D eigenvalue weighted by molar-refractivity contribution is 0.156. The molecule has 0 radical (unpaired) electrons. The molecule has 102 valence electrons. The van der Waals surface area contributed by atoms with Gasteiger partial charge in [-0.1, -0.05) is 23.4 Å². The summed E-state index contributed by atoms with van der Waals surface area (Å²) < 4.78 is 13.9. The Balaban J connectivity index is 1.87. The second-order valence-corrected chi connectivity index (χ2v) is 5.68. The Morgan fingerprint density at radius 1 is 1.26 bits per heavy atom. The number of oxime groups is 1. The molecular weight excluding hydrogens is 243 g/mol. The monoisotopic (exact) mass is 262 g/mol. The van der Waals surface area contributed by atoms with E-state index in [4.69, 9.17) is 0 Å². The van der Waals surface area contributed by atoms with Crippen LogP contribution in [0.2, 0.25) is 0 Å². The fourth-order valence-corrected chi connectivity index (χ4v) is 3.66. The molecule has 1 aromatic rings. The predicted molar refractivity (Wildman–Crippen MR) is 72.0 cm³/mol. The number of fused-ring (bicyclic) bond motifs is 2. The van der Waals surface area contributed by atoms with Crippen LogP contribution in [0.1, 0.15) is 31.2 Å². The van der Waals surface area contributed by atoms with Crippen LogP contribution in [0.5, 0.6) is 0 Å². The third-order valence-corrected chi connectivity index (χ3v) is 4.74. The number of benzene rings is 1. The molecule has 2 aliphatic heterocycles.